The summed E-state index contributed by atoms with van der Waals surface area (Å²) in [5.41, 5.74) is -2.21. The van der Waals surface area contributed by atoms with Crippen molar-refractivity contribution in [2.75, 3.05) is 64.0 Å². The average Bonchev–Trinajstić information content (AvgIpc) is 3.32. The fourth-order valence-electron chi connectivity index (χ4n) is 5.19. The lowest BCUT2D eigenvalue weighted by Crippen LogP contribution is -2.43. The van der Waals surface area contributed by atoms with Crippen LogP contribution in [0.15, 0.2) is 14.4 Å². The molecule has 20 heteroatoms. The molecule has 0 saturated heterocycles. The zero-order valence-electron chi connectivity index (χ0n) is 27.0. The Morgan fingerprint density at radius 3 is 1.18 bits per heavy atom. The number of aromatic nitrogens is 4. The highest BCUT2D eigenvalue weighted by Gasteiger charge is 2.39. The number of imidazole rings is 1. The molecule has 17 nitrogen and oxygen atoms in total. The molecule has 0 aliphatic heterocycles. The maximum atomic E-state index is 14.0. The summed E-state index contributed by atoms with van der Waals surface area (Å²) in [4.78, 5) is 44.3. The maximum Gasteiger partial charge on any atom is 0.500 e. The van der Waals surface area contributed by atoms with Crippen molar-refractivity contribution >= 4 is 37.6 Å². The minimum atomic E-state index is -3.00. The van der Waals surface area contributed by atoms with Gasteiger partial charge in [-0.25, -0.2) is 9.59 Å². The maximum absolute atomic E-state index is 14.0. The van der Waals surface area contributed by atoms with Crippen molar-refractivity contribution in [3.8, 4) is 0 Å². The van der Waals surface area contributed by atoms with Gasteiger partial charge in [0.05, 0.1) is 4.68 Å². The van der Waals surface area contributed by atoms with Gasteiger partial charge in [0.2, 0.25) is 0 Å². The molecule has 0 bridgehead atoms. The van der Waals surface area contributed by atoms with Gasteiger partial charge in [0.1, 0.15) is 0 Å². The predicted octanol–water partition coefficient (Wildman–Crippen LogP) is 0.613. The van der Waals surface area contributed by atoms with E-state index in [1.165, 1.54) is 77.7 Å². The van der Waals surface area contributed by atoms with Crippen LogP contribution >= 0.6 is 0 Å². The summed E-state index contributed by atoms with van der Waals surface area (Å²) in [6, 6.07) is 1.06. The Morgan fingerprint density at radius 2 is 0.864 bits per heavy atom. The fourth-order valence-corrected chi connectivity index (χ4v) is 10.3. The van der Waals surface area contributed by atoms with Crippen LogP contribution in [0.4, 0.5) is 0 Å². The van der Waals surface area contributed by atoms with Gasteiger partial charge < -0.3 is 39.8 Å². The van der Waals surface area contributed by atoms with E-state index in [1.807, 2.05) is 0 Å². The number of rotatable bonds is 21. The van der Waals surface area contributed by atoms with Crippen molar-refractivity contribution in [2.45, 2.75) is 57.0 Å². The molecule has 0 unspecified atom stereocenters. The van der Waals surface area contributed by atoms with Gasteiger partial charge in [-0.05, 0) is 19.3 Å². The summed E-state index contributed by atoms with van der Waals surface area (Å²) in [6.45, 7) is 7.83. The molecule has 0 aromatic carbocycles. The van der Waals surface area contributed by atoms with Crippen LogP contribution in [0.5, 0.6) is 0 Å². The zero-order valence-corrected chi connectivity index (χ0v) is 30.0. The molecule has 2 aromatic heterocycles. The van der Waals surface area contributed by atoms with Crippen LogP contribution in [0, 0.1) is 6.57 Å². The first-order chi connectivity index (χ1) is 21.0. The summed E-state index contributed by atoms with van der Waals surface area (Å²) in [6.07, 6.45) is 1.07. The molecule has 0 atom stereocenters. The van der Waals surface area contributed by atoms with Crippen LogP contribution in [0.2, 0.25) is 18.1 Å². The van der Waals surface area contributed by atoms with Crippen molar-refractivity contribution in [3.05, 3.63) is 42.8 Å². The smallest absolute Gasteiger partial charge is 0.377 e. The van der Waals surface area contributed by atoms with E-state index in [4.69, 9.17) is 46.4 Å². The second kappa shape index (κ2) is 16.9. The molecule has 0 N–H and O–H groups in total. The Bertz CT molecular complexity index is 1410. The highest BCUT2D eigenvalue weighted by atomic mass is 28.4. The van der Waals surface area contributed by atoms with Crippen molar-refractivity contribution in [3.63, 3.8) is 0 Å². The van der Waals surface area contributed by atoms with Crippen molar-refractivity contribution in [2.24, 2.45) is 0 Å². The van der Waals surface area contributed by atoms with E-state index in [0.29, 0.717) is 42.1 Å². The lowest BCUT2D eigenvalue weighted by Gasteiger charge is -2.24. The molecule has 0 amide bonds. The molecule has 0 fully saturated rings. The molecular weight excluding hydrogens is 635 g/mol. The van der Waals surface area contributed by atoms with Crippen molar-refractivity contribution in [1.29, 1.82) is 0 Å². The van der Waals surface area contributed by atoms with E-state index >= 15 is 0 Å². The Kier molecular flexibility index (Phi) is 14.5. The second-order valence-electron chi connectivity index (χ2n) is 9.61. The summed E-state index contributed by atoms with van der Waals surface area (Å²) >= 11 is 0. The lowest BCUT2D eigenvalue weighted by atomic mass is 10.4. The highest BCUT2D eigenvalue weighted by Crippen LogP contribution is 2.20. The van der Waals surface area contributed by atoms with Crippen LogP contribution in [-0.2, 0) is 59.5 Å². The normalized spacial score (nSPS) is 12.7. The van der Waals surface area contributed by atoms with Gasteiger partial charge in [0.25, 0.3) is 0 Å². The van der Waals surface area contributed by atoms with Gasteiger partial charge in [-0.15, -0.1) is 4.95 Å². The van der Waals surface area contributed by atoms with E-state index in [0.717, 1.165) is 0 Å². The lowest BCUT2D eigenvalue weighted by molar-refractivity contribution is 0.122. The number of aryl methyl sites for hydroxylation is 3. The van der Waals surface area contributed by atoms with E-state index in [1.54, 1.807) is 0 Å². The number of nitrogens with zero attached hydrogens (tertiary/aromatic N) is 5. The monoisotopic (exact) mass is 679 g/mol. The van der Waals surface area contributed by atoms with Crippen LogP contribution in [0.3, 0.4) is 0 Å². The molecule has 2 aromatic rings. The third-order valence-electron chi connectivity index (χ3n) is 7.75. The van der Waals surface area contributed by atoms with E-state index < -0.39 is 43.4 Å². The van der Waals surface area contributed by atoms with E-state index in [9.17, 15) is 14.4 Å². The summed E-state index contributed by atoms with van der Waals surface area (Å²) < 4.78 is 54.0. The first-order valence-corrected chi connectivity index (χ1v) is 19.6. The number of hydrogen-bond donors (Lipinski definition) is 0. The quantitative estimate of drug-likeness (QED) is 0.134. The zero-order chi connectivity index (χ0) is 33.1. The summed E-state index contributed by atoms with van der Waals surface area (Å²) in [5, 5.41) is 0. The van der Waals surface area contributed by atoms with Gasteiger partial charge in [-0.2, -0.15) is 6.57 Å². The molecular formula is C24H45N5O12Si3. The molecule has 0 aliphatic carbocycles. The SMILES string of the molecule is [C-]#[N+]n1c(=O)c2c(n(CCC[Si](OC)(OC)OC)c1=O)n(CCC[Si](OC)(OC)OC)c(=O)n2CCC[Si](OC)(OC)OC. The minimum absolute atomic E-state index is 0.0549. The van der Waals surface area contributed by atoms with E-state index in [-0.39, 0.29) is 30.8 Å². The molecule has 0 spiro atoms. The van der Waals surface area contributed by atoms with Crippen molar-refractivity contribution < 1.29 is 39.8 Å². The Morgan fingerprint density at radius 1 is 0.545 bits per heavy atom. The van der Waals surface area contributed by atoms with E-state index in [2.05, 4.69) is 4.95 Å². The standard InChI is InChI=1S/C24H45N5O12Si3/c1-25-29-22(30)20-21(28(24(29)32)16-13-19-44(39-8,40-9)41-10)27(15-12-18-43(36-5,37-6)38-7)23(31)26(20)14-11-17-42(33-2,34-3)35-4/h11-19H2,2-10H3. The third kappa shape index (κ3) is 7.74. The highest BCUT2D eigenvalue weighted by molar-refractivity contribution is 6.61. The van der Waals surface area contributed by atoms with Crippen molar-refractivity contribution in [1.82, 2.24) is 18.4 Å². The Balaban J connectivity index is 2.72. The average molecular weight is 680 g/mol. The molecule has 250 valence electrons. The van der Waals surface area contributed by atoms with Crippen LogP contribution in [-0.4, -0.2) is 109 Å². The van der Waals surface area contributed by atoms with Gasteiger partial charge in [0.15, 0.2) is 11.2 Å². The minimum Gasteiger partial charge on any atom is -0.377 e. The molecule has 2 rings (SSSR count). The number of fused-ring (bicyclic) bond motifs is 1. The summed E-state index contributed by atoms with van der Waals surface area (Å²) in [5.74, 6) is 0. The molecule has 0 aliphatic rings. The predicted molar refractivity (Wildman–Crippen MR) is 165 cm³/mol. The van der Waals surface area contributed by atoms with Gasteiger partial charge in [-0.1, -0.05) is 0 Å². The fraction of sp³-hybridized carbons (Fsp3) is 0.750. The molecule has 0 saturated carbocycles. The molecule has 0 radical (unpaired) electrons. The van der Waals surface area contributed by atoms with Gasteiger partial charge in [0, 0.05) is 102 Å². The van der Waals surface area contributed by atoms with Crippen LogP contribution in [0.25, 0.3) is 16.1 Å². The Labute approximate surface area is 259 Å². The Hall–Kier alpha value is -2.27. The summed E-state index contributed by atoms with van der Waals surface area (Å²) in [7, 11) is 4.45. The molecule has 2 heterocycles. The first-order valence-electron chi connectivity index (χ1n) is 13.8. The third-order valence-corrected chi connectivity index (χ3v) is 16.3. The molecule has 44 heavy (non-hydrogen) atoms. The van der Waals surface area contributed by atoms with Crippen LogP contribution < -0.4 is 16.9 Å². The van der Waals surface area contributed by atoms with Gasteiger partial charge >= 0.3 is 43.4 Å². The number of hydrogen-bond acceptors (Lipinski definition) is 12. The topological polar surface area (TPSA) is 158 Å². The van der Waals surface area contributed by atoms with Gasteiger partial charge in [-0.3, -0.25) is 18.5 Å². The first kappa shape index (κ1) is 37.9. The van der Waals surface area contributed by atoms with Crippen LogP contribution in [0.1, 0.15) is 19.3 Å². The second-order valence-corrected chi connectivity index (χ2v) is 18.9. The largest absolute Gasteiger partial charge is 0.500 e.